The van der Waals surface area contributed by atoms with Crippen LogP contribution in [0.5, 0.6) is 5.75 Å². The topological polar surface area (TPSA) is 41.0 Å². The van der Waals surface area contributed by atoms with E-state index in [4.69, 9.17) is 4.74 Å². The van der Waals surface area contributed by atoms with E-state index in [9.17, 15) is 0 Å². The molecule has 0 aliphatic carbocycles. The maximum Gasteiger partial charge on any atom is 0.128 e. The Morgan fingerprint density at radius 3 is 2.58 bits per heavy atom. The molecule has 5 nitrogen and oxygen atoms in total. The molecule has 0 radical (unpaired) electrons. The lowest BCUT2D eigenvalue weighted by atomic mass is 10.2. The number of allylic oxidation sites excluding steroid dienone is 1. The van der Waals surface area contributed by atoms with Crippen molar-refractivity contribution in [2.45, 2.75) is 0 Å². The van der Waals surface area contributed by atoms with Gasteiger partial charge in [0.25, 0.3) is 0 Å². The number of aromatic nitrogens is 1. The van der Waals surface area contributed by atoms with Crippen molar-refractivity contribution >= 4 is 18.1 Å². The third-order valence-corrected chi connectivity index (χ3v) is 3.96. The Morgan fingerprint density at radius 1 is 1.04 bits per heavy atom. The molecule has 1 fully saturated rings. The van der Waals surface area contributed by atoms with Gasteiger partial charge in [0.2, 0.25) is 0 Å². The number of hydrogen-bond donors (Lipinski definition) is 0. The Labute approximate surface area is 142 Å². The van der Waals surface area contributed by atoms with E-state index >= 15 is 0 Å². The highest BCUT2D eigenvalue weighted by molar-refractivity contribution is 5.79. The number of hydrazone groups is 1. The van der Waals surface area contributed by atoms with Crippen LogP contribution in [0, 0.1) is 0 Å². The van der Waals surface area contributed by atoms with Gasteiger partial charge < -0.3 is 9.64 Å². The van der Waals surface area contributed by atoms with E-state index in [1.165, 1.54) is 0 Å². The first kappa shape index (κ1) is 16.1. The zero-order valence-electron chi connectivity index (χ0n) is 13.9. The van der Waals surface area contributed by atoms with Gasteiger partial charge in [-0.15, -0.1) is 0 Å². The minimum atomic E-state index is 0.867. The second-order valence-corrected chi connectivity index (χ2v) is 5.49. The lowest BCUT2D eigenvalue weighted by Gasteiger charge is -2.33. The third-order valence-electron chi connectivity index (χ3n) is 3.96. The van der Waals surface area contributed by atoms with Crippen LogP contribution in [-0.2, 0) is 0 Å². The summed E-state index contributed by atoms with van der Waals surface area (Å²) in [7, 11) is 1.68. The molecular formula is C19H22N4O. The van der Waals surface area contributed by atoms with Crippen molar-refractivity contribution in [1.82, 2.24) is 9.99 Å². The Bertz CT molecular complexity index is 692. The SMILES string of the molecule is COc1ccccc1/C=C/C=N/N1CCN(c2ccccn2)CC1. The van der Waals surface area contributed by atoms with Gasteiger partial charge in [-0.1, -0.05) is 24.3 Å². The number of hydrogen-bond acceptors (Lipinski definition) is 5. The van der Waals surface area contributed by atoms with Crippen molar-refractivity contribution in [2.75, 3.05) is 38.2 Å². The maximum absolute atomic E-state index is 5.33. The molecule has 0 saturated carbocycles. The molecule has 1 saturated heterocycles. The number of ether oxygens (including phenoxy) is 1. The molecule has 24 heavy (non-hydrogen) atoms. The van der Waals surface area contributed by atoms with Gasteiger partial charge in [0.15, 0.2) is 0 Å². The second-order valence-electron chi connectivity index (χ2n) is 5.49. The third kappa shape index (κ3) is 4.13. The number of para-hydroxylation sites is 1. The maximum atomic E-state index is 5.33. The lowest BCUT2D eigenvalue weighted by molar-refractivity contribution is 0.271. The van der Waals surface area contributed by atoms with E-state index in [2.05, 4.69) is 26.1 Å². The fourth-order valence-corrected chi connectivity index (χ4v) is 2.66. The minimum absolute atomic E-state index is 0.867. The van der Waals surface area contributed by atoms with E-state index in [-0.39, 0.29) is 0 Å². The van der Waals surface area contributed by atoms with E-state index < -0.39 is 0 Å². The van der Waals surface area contributed by atoms with Crippen LogP contribution in [0.4, 0.5) is 5.82 Å². The van der Waals surface area contributed by atoms with Gasteiger partial charge in [-0.3, -0.25) is 5.01 Å². The van der Waals surface area contributed by atoms with E-state index in [0.29, 0.717) is 0 Å². The molecule has 0 amide bonds. The summed E-state index contributed by atoms with van der Waals surface area (Å²) in [5.41, 5.74) is 1.05. The van der Waals surface area contributed by atoms with Crippen LogP contribution in [0.2, 0.25) is 0 Å². The molecule has 0 spiro atoms. The van der Waals surface area contributed by atoms with Crippen molar-refractivity contribution in [3.8, 4) is 5.75 Å². The van der Waals surface area contributed by atoms with E-state index in [1.807, 2.05) is 61.0 Å². The standard InChI is InChI=1S/C19H22N4O/c1-24-18-9-3-2-7-17(18)8-6-12-21-23-15-13-22(14-16-23)19-10-4-5-11-20-19/h2-12H,13-16H2,1H3/b8-6+,21-12+. The van der Waals surface area contributed by atoms with Crippen molar-refractivity contribution in [2.24, 2.45) is 5.10 Å². The number of methoxy groups -OCH3 is 1. The monoisotopic (exact) mass is 322 g/mol. The Morgan fingerprint density at radius 2 is 1.83 bits per heavy atom. The largest absolute Gasteiger partial charge is 0.496 e. The minimum Gasteiger partial charge on any atom is -0.496 e. The second kappa shape index (κ2) is 8.15. The van der Waals surface area contributed by atoms with Crippen LogP contribution in [0.3, 0.4) is 0 Å². The van der Waals surface area contributed by atoms with Crippen molar-refractivity contribution < 1.29 is 4.74 Å². The fourth-order valence-electron chi connectivity index (χ4n) is 2.66. The Balaban J connectivity index is 1.51. The molecule has 0 atom stereocenters. The number of piperazine rings is 1. The number of anilines is 1. The molecule has 1 aromatic heterocycles. The summed E-state index contributed by atoms with van der Waals surface area (Å²) in [6, 6.07) is 14.0. The molecular weight excluding hydrogens is 300 g/mol. The highest BCUT2D eigenvalue weighted by Crippen LogP contribution is 2.18. The molecule has 1 aliphatic heterocycles. The van der Waals surface area contributed by atoms with Crippen LogP contribution >= 0.6 is 0 Å². The predicted octanol–water partition coefficient (Wildman–Crippen LogP) is 2.91. The first-order chi connectivity index (χ1) is 11.9. The smallest absolute Gasteiger partial charge is 0.128 e. The summed E-state index contributed by atoms with van der Waals surface area (Å²) in [4.78, 5) is 6.69. The number of nitrogens with zero attached hydrogens (tertiary/aromatic N) is 4. The zero-order valence-corrected chi connectivity index (χ0v) is 13.9. The van der Waals surface area contributed by atoms with Crippen LogP contribution in [0.1, 0.15) is 5.56 Å². The number of rotatable bonds is 5. The summed E-state index contributed by atoms with van der Waals surface area (Å²) < 4.78 is 5.33. The van der Waals surface area contributed by atoms with Crippen LogP contribution < -0.4 is 9.64 Å². The zero-order chi connectivity index (χ0) is 16.6. The normalized spacial score (nSPS) is 15.4. The lowest BCUT2D eigenvalue weighted by Crippen LogP contribution is -2.44. The molecule has 0 N–H and O–H groups in total. The summed E-state index contributed by atoms with van der Waals surface area (Å²) in [5.74, 6) is 1.91. The molecule has 124 valence electrons. The average molecular weight is 322 g/mol. The Hall–Kier alpha value is -2.82. The van der Waals surface area contributed by atoms with Gasteiger partial charge in [-0.2, -0.15) is 5.10 Å². The molecule has 1 aromatic carbocycles. The molecule has 2 heterocycles. The van der Waals surface area contributed by atoms with Crippen LogP contribution in [0.15, 0.2) is 59.8 Å². The van der Waals surface area contributed by atoms with Gasteiger partial charge in [0, 0.05) is 31.1 Å². The molecule has 0 unspecified atom stereocenters. The van der Waals surface area contributed by atoms with Gasteiger partial charge >= 0.3 is 0 Å². The number of pyridine rings is 1. The molecule has 0 bridgehead atoms. The first-order valence-electron chi connectivity index (χ1n) is 8.11. The van der Waals surface area contributed by atoms with Crippen LogP contribution in [0.25, 0.3) is 6.08 Å². The molecule has 2 aromatic rings. The van der Waals surface area contributed by atoms with Gasteiger partial charge in [-0.05, 0) is 30.4 Å². The first-order valence-corrected chi connectivity index (χ1v) is 8.11. The molecule has 3 rings (SSSR count). The predicted molar refractivity (Wildman–Crippen MR) is 98.5 cm³/mol. The summed E-state index contributed by atoms with van der Waals surface area (Å²) >= 11 is 0. The number of benzene rings is 1. The fraction of sp³-hybridized carbons (Fsp3) is 0.263. The van der Waals surface area contributed by atoms with Crippen LogP contribution in [-0.4, -0.2) is 49.5 Å². The highest BCUT2D eigenvalue weighted by atomic mass is 16.5. The Kier molecular flexibility index (Phi) is 5.45. The molecule has 5 heteroatoms. The quantitative estimate of drug-likeness (QED) is 0.794. The van der Waals surface area contributed by atoms with Crippen molar-refractivity contribution in [3.63, 3.8) is 0 Å². The van der Waals surface area contributed by atoms with E-state index in [1.54, 1.807) is 7.11 Å². The highest BCUT2D eigenvalue weighted by Gasteiger charge is 2.15. The van der Waals surface area contributed by atoms with Gasteiger partial charge in [0.1, 0.15) is 11.6 Å². The summed E-state index contributed by atoms with van der Waals surface area (Å²) in [6.45, 7) is 3.67. The van der Waals surface area contributed by atoms with Crippen molar-refractivity contribution in [3.05, 3.63) is 60.3 Å². The summed E-state index contributed by atoms with van der Waals surface area (Å²) in [5, 5.41) is 6.60. The van der Waals surface area contributed by atoms with Crippen molar-refractivity contribution in [1.29, 1.82) is 0 Å². The summed E-state index contributed by atoms with van der Waals surface area (Å²) in [6.07, 6.45) is 7.63. The average Bonchev–Trinajstić information content (AvgIpc) is 2.67. The van der Waals surface area contributed by atoms with E-state index in [0.717, 1.165) is 43.3 Å². The van der Waals surface area contributed by atoms with Gasteiger partial charge in [-0.25, -0.2) is 4.98 Å². The molecule has 1 aliphatic rings. The van der Waals surface area contributed by atoms with Gasteiger partial charge in [0.05, 0.1) is 20.2 Å².